The minimum Gasteiger partial charge on any atom is -0.493 e. The second kappa shape index (κ2) is 9.11. The summed E-state index contributed by atoms with van der Waals surface area (Å²) in [4.78, 5) is 23.4. The van der Waals surface area contributed by atoms with Gasteiger partial charge in [-0.05, 0) is 87.4 Å². The van der Waals surface area contributed by atoms with Crippen molar-refractivity contribution < 1.29 is 19.4 Å². The summed E-state index contributed by atoms with van der Waals surface area (Å²) >= 11 is 11.8. The van der Waals surface area contributed by atoms with E-state index in [9.17, 15) is 9.59 Å². The zero-order valence-electron chi connectivity index (χ0n) is 13.5. The highest BCUT2D eigenvalue weighted by atomic mass is 79.9. The first kappa shape index (κ1) is 20.3. The molecule has 0 unspecified atom stereocenters. The molecular formula is C17H14Br2N2O4S. The average molecular weight is 502 g/mol. The molecule has 0 saturated carbocycles. The first-order valence-corrected chi connectivity index (χ1v) is 9.38. The SMILES string of the molecule is CCOc1ccc(C(=O)NC(=S)Nc2cc(C(=O)O)ccc2Br)cc1Br. The van der Waals surface area contributed by atoms with E-state index in [0.717, 1.165) is 0 Å². The molecule has 2 aromatic carbocycles. The fourth-order valence-electron chi connectivity index (χ4n) is 2.00. The largest absolute Gasteiger partial charge is 0.493 e. The molecule has 0 fully saturated rings. The maximum absolute atomic E-state index is 12.3. The number of aromatic carboxylic acids is 1. The standard InChI is InChI=1S/C17H14Br2N2O4S/c1-2-25-14-6-4-9(7-12(14)19)15(22)21-17(26)20-13-8-10(16(23)24)3-5-11(13)18/h3-8H,2H2,1H3,(H,23,24)(H2,20,21,22,26). The zero-order chi connectivity index (χ0) is 19.3. The lowest BCUT2D eigenvalue weighted by molar-refractivity contribution is 0.0696. The Morgan fingerprint density at radius 1 is 1.12 bits per heavy atom. The van der Waals surface area contributed by atoms with Gasteiger partial charge in [0.15, 0.2) is 5.11 Å². The molecule has 0 aliphatic rings. The lowest BCUT2D eigenvalue weighted by atomic mass is 10.2. The number of rotatable bonds is 5. The summed E-state index contributed by atoms with van der Waals surface area (Å²) in [5.41, 5.74) is 0.922. The fourth-order valence-corrected chi connectivity index (χ4v) is 3.04. The van der Waals surface area contributed by atoms with Crippen LogP contribution in [0.5, 0.6) is 5.75 Å². The lowest BCUT2D eigenvalue weighted by Crippen LogP contribution is -2.34. The Hall–Kier alpha value is -1.97. The summed E-state index contributed by atoms with van der Waals surface area (Å²) in [5, 5.41) is 14.5. The van der Waals surface area contributed by atoms with Gasteiger partial charge < -0.3 is 15.2 Å². The molecule has 0 spiro atoms. The van der Waals surface area contributed by atoms with Crippen molar-refractivity contribution in [2.75, 3.05) is 11.9 Å². The number of halogens is 2. The second-order valence-electron chi connectivity index (χ2n) is 4.99. The maximum Gasteiger partial charge on any atom is 0.335 e. The summed E-state index contributed by atoms with van der Waals surface area (Å²) < 4.78 is 6.67. The van der Waals surface area contributed by atoms with Crippen molar-refractivity contribution in [3.8, 4) is 5.75 Å². The van der Waals surface area contributed by atoms with Gasteiger partial charge in [0.2, 0.25) is 0 Å². The van der Waals surface area contributed by atoms with Gasteiger partial charge in [-0.15, -0.1) is 0 Å². The Labute approximate surface area is 172 Å². The van der Waals surface area contributed by atoms with Crippen LogP contribution in [0.15, 0.2) is 45.3 Å². The Kier molecular flexibility index (Phi) is 7.13. The highest BCUT2D eigenvalue weighted by Gasteiger charge is 2.13. The van der Waals surface area contributed by atoms with Gasteiger partial charge in [-0.1, -0.05) is 0 Å². The van der Waals surface area contributed by atoms with Crippen LogP contribution in [0, 0.1) is 0 Å². The molecule has 0 heterocycles. The monoisotopic (exact) mass is 500 g/mol. The van der Waals surface area contributed by atoms with Crippen molar-refractivity contribution in [1.29, 1.82) is 0 Å². The van der Waals surface area contributed by atoms with Crippen LogP contribution >= 0.6 is 44.1 Å². The Morgan fingerprint density at radius 3 is 2.42 bits per heavy atom. The molecule has 26 heavy (non-hydrogen) atoms. The number of carboxylic acids is 1. The summed E-state index contributed by atoms with van der Waals surface area (Å²) in [5.74, 6) is -0.828. The number of benzene rings is 2. The number of hydrogen-bond donors (Lipinski definition) is 3. The van der Waals surface area contributed by atoms with Crippen molar-refractivity contribution in [2.24, 2.45) is 0 Å². The van der Waals surface area contributed by atoms with E-state index in [0.29, 0.717) is 32.6 Å². The van der Waals surface area contributed by atoms with E-state index in [-0.39, 0.29) is 10.7 Å². The summed E-state index contributed by atoms with van der Waals surface area (Å²) in [6.07, 6.45) is 0. The van der Waals surface area contributed by atoms with Crippen molar-refractivity contribution in [3.63, 3.8) is 0 Å². The van der Waals surface area contributed by atoms with E-state index >= 15 is 0 Å². The van der Waals surface area contributed by atoms with E-state index in [4.69, 9.17) is 22.1 Å². The van der Waals surface area contributed by atoms with Gasteiger partial charge in [0.1, 0.15) is 5.75 Å². The van der Waals surface area contributed by atoms with Crippen LogP contribution < -0.4 is 15.4 Å². The molecule has 2 rings (SSSR count). The first-order chi connectivity index (χ1) is 12.3. The van der Waals surface area contributed by atoms with E-state index in [1.807, 2.05) is 6.92 Å². The summed E-state index contributed by atoms with van der Waals surface area (Å²) in [7, 11) is 0. The molecule has 3 N–H and O–H groups in total. The van der Waals surface area contributed by atoms with E-state index in [2.05, 4.69) is 42.5 Å². The minimum absolute atomic E-state index is 0.0447. The van der Waals surface area contributed by atoms with Gasteiger partial charge in [-0.25, -0.2) is 4.79 Å². The topological polar surface area (TPSA) is 87.7 Å². The number of thiocarbonyl (C=S) groups is 1. The van der Waals surface area contributed by atoms with Crippen molar-refractivity contribution in [2.45, 2.75) is 6.92 Å². The molecule has 0 radical (unpaired) electrons. The van der Waals surface area contributed by atoms with Gasteiger partial charge in [0, 0.05) is 10.0 Å². The molecule has 0 bridgehead atoms. The van der Waals surface area contributed by atoms with Crippen LogP contribution in [-0.2, 0) is 0 Å². The minimum atomic E-state index is -1.06. The quantitative estimate of drug-likeness (QED) is 0.525. The molecule has 0 aromatic heterocycles. The number of nitrogens with one attached hydrogen (secondary N) is 2. The number of hydrogen-bond acceptors (Lipinski definition) is 4. The van der Waals surface area contributed by atoms with Gasteiger partial charge in [0.05, 0.1) is 22.3 Å². The molecule has 136 valence electrons. The van der Waals surface area contributed by atoms with Gasteiger partial charge >= 0.3 is 5.97 Å². The molecule has 9 heteroatoms. The zero-order valence-corrected chi connectivity index (χ0v) is 17.5. The van der Waals surface area contributed by atoms with Crippen molar-refractivity contribution in [1.82, 2.24) is 5.32 Å². The van der Waals surface area contributed by atoms with E-state index in [1.54, 1.807) is 24.3 Å². The predicted octanol–water partition coefficient (Wildman–Crippen LogP) is 4.44. The highest BCUT2D eigenvalue weighted by molar-refractivity contribution is 9.11. The van der Waals surface area contributed by atoms with Crippen LogP contribution in [0.1, 0.15) is 27.6 Å². The molecule has 0 aliphatic heterocycles. The Morgan fingerprint density at radius 2 is 1.81 bits per heavy atom. The van der Waals surface area contributed by atoms with Crippen LogP contribution in [-0.4, -0.2) is 28.7 Å². The molecule has 0 aliphatic carbocycles. The molecule has 0 saturated heterocycles. The number of amides is 1. The number of carboxylic acid groups (broad SMARTS) is 1. The van der Waals surface area contributed by atoms with Gasteiger partial charge in [-0.2, -0.15) is 0 Å². The second-order valence-corrected chi connectivity index (χ2v) is 7.10. The third-order valence-corrected chi connectivity index (χ3v) is 4.70. The number of carbonyl (C=O) groups excluding carboxylic acids is 1. The molecule has 6 nitrogen and oxygen atoms in total. The highest BCUT2D eigenvalue weighted by Crippen LogP contribution is 2.26. The third kappa shape index (κ3) is 5.26. The predicted molar refractivity (Wildman–Crippen MR) is 110 cm³/mol. The average Bonchev–Trinajstić information content (AvgIpc) is 2.58. The van der Waals surface area contributed by atoms with E-state index in [1.165, 1.54) is 12.1 Å². The molecule has 1 amide bonds. The van der Waals surface area contributed by atoms with Gasteiger partial charge in [0.25, 0.3) is 5.91 Å². The number of anilines is 1. The fraction of sp³-hybridized carbons (Fsp3) is 0.118. The smallest absolute Gasteiger partial charge is 0.335 e. The normalized spacial score (nSPS) is 10.1. The Balaban J connectivity index is 2.08. The lowest BCUT2D eigenvalue weighted by Gasteiger charge is -2.12. The number of carbonyl (C=O) groups is 2. The third-order valence-electron chi connectivity index (χ3n) is 3.18. The van der Waals surface area contributed by atoms with Crippen LogP contribution in [0.4, 0.5) is 5.69 Å². The molecular weight excluding hydrogens is 488 g/mol. The first-order valence-electron chi connectivity index (χ1n) is 7.39. The summed E-state index contributed by atoms with van der Waals surface area (Å²) in [6.45, 7) is 2.39. The number of ether oxygens (including phenoxy) is 1. The van der Waals surface area contributed by atoms with Gasteiger partial charge in [-0.3, -0.25) is 10.1 Å². The maximum atomic E-state index is 12.3. The van der Waals surface area contributed by atoms with Crippen molar-refractivity contribution in [3.05, 3.63) is 56.5 Å². The molecule has 2 aromatic rings. The van der Waals surface area contributed by atoms with Crippen LogP contribution in [0.2, 0.25) is 0 Å². The molecule has 0 atom stereocenters. The Bertz CT molecular complexity index is 874. The van der Waals surface area contributed by atoms with Crippen LogP contribution in [0.3, 0.4) is 0 Å². The van der Waals surface area contributed by atoms with E-state index < -0.39 is 11.9 Å². The summed E-state index contributed by atoms with van der Waals surface area (Å²) in [6, 6.07) is 9.39. The van der Waals surface area contributed by atoms with Crippen molar-refractivity contribution >= 4 is 66.8 Å². The van der Waals surface area contributed by atoms with Crippen LogP contribution in [0.25, 0.3) is 0 Å².